The van der Waals surface area contributed by atoms with Crippen LogP contribution in [0.4, 0.5) is 0 Å². The third kappa shape index (κ3) is 3.23. The second kappa shape index (κ2) is 5.26. The molecule has 0 spiro atoms. The van der Waals surface area contributed by atoms with Crippen LogP contribution in [-0.4, -0.2) is 34.9 Å². The molecule has 0 aromatic rings. The lowest BCUT2D eigenvalue weighted by molar-refractivity contribution is -0.124. The number of nitrogens with zero attached hydrogens (tertiary/aromatic N) is 1. The third-order valence-corrected chi connectivity index (χ3v) is 2.79. The van der Waals surface area contributed by atoms with Crippen molar-refractivity contribution in [3.8, 4) is 0 Å². The normalized spacial score (nSPS) is 23.3. The molecule has 1 amide bonds. The highest BCUT2D eigenvalue weighted by molar-refractivity contribution is 7.80. The van der Waals surface area contributed by atoms with Gasteiger partial charge in [-0.1, -0.05) is 18.6 Å². The van der Waals surface area contributed by atoms with E-state index in [0.717, 1.165) is 32.4 Å². The predicted molar refractivity (Wildman–Crippen MR) is 59.8 cm³/mol. The minimum absolute atomic E-state index is 0.113. The minimum Gasteiger partial charge on any atom is -0.393 e. The third-order valence-electron chi connectivity index (χ3n) is 2.59. The van der Waals surface area contributed by atoms with Gasteiger partial charge in [0.25, 0.3) is 0 Å². The van der Waals surface area contributed by atoms with Gasteiger partial charge in [-0.05, 0) is 19.4 Å². The van der Waals surface area contributed by atoms with E-state index in [1.165, 1.54) is 0 Å². The fourth-order valence-electron chi connectivity index (χ4n) is 1.83. The van der Waals surface area contributed by atoms with Crippen molar-refractivity contribution in [1.29, 1.82) is 0 Å². The fourth-order valence-corrected chi connectivity index (χ4v) is 1.93. The molecule has 1 atom stereocenters. The Kier molecular flexibility index (Phi) is 4.28. The molecule has 5 heteroatoms. The predicted octanol–water partition coefficient (Wildman–Crippen LogP) is 0.00240. The van der Waals surface area contributed by atoms with Crippen LogP contribution in [0.2, 0.25) is 0 Å². The van der Waals surface area contributed by atoms with Crippen LogP contribution in [0.1, 0.15) is 25.7 Å². The Hall–Kier alpha value is -0.680. The van der Waals surface area contributed by atoms with Crippen molar-refractivity contribution in [3.63, 3.8) is 0 Å². The maximum Gasteiger partial charge on any atom is 0.234 e. The fraction of sp³-hybridized carbons (Fsp3) is 0.778. The SMILES string of the molecule is NC(=O)C1CCCCN1CCC(N)=S. The number of hydrogen-bond donors (Lipinski definition) is 2. The number of rotatable bonds is 4. The summed E-state index contributed by atoms with van der Waals surface area (Å²) in [5, 5.41) is 0. The molecule has 1 rings (SSSR count). The molecule has 4 nitrogen and oxygen atoms in total. The van der Waals surface area contributed by atoms with Crippen molar-refractivity contribution in [2.45, 2.75) is 31.7 Å². The molecule has 0 aliphatic carbocycles. The lowest BCUT2D eigenvalue weighted by atomic mass is 10.0. The standard InChI is InChI=1S/C9H17N3OS/c10-8(14)4-6-12-5-2-1-3-7(12)9(11)13/h7H,1-6H2,(H2,10,14)(H2,11,13). The molecule has 1 aliphatic rings. The zero-order valence-electron chi connectivity index (χ0n) is 8.24. The van der Waals surface area contributed by atoms with Crippen molar-refractivity contribution in [2.75, 3.05) is 13.1 Å². The summed E-state index contributed by atoms with van der Waals surface area (Å²) >= 11 is 4.80. The van der Waals surface area contributed by atoms with Crippen molar-refractivity contribution in [2.24, 2.45) is 11.5 Å². The molecule has 0 saturated carbocycles. The number of nitrogens with two attached hydrogens (primary N) is 2. The van der Waals surface area contributed by atoms with E-state index >= 15 is 0 Å². The summed E-state index contributed by atoms with van der Waals surface area (Å²) in [6.07, 6.45) is 3.74. The van der Waals surface area contributed by atoms with E-state index in [9.17, 15) is 4.79 Å². The van der Waals surface area contributed by atoms with Gasteiger partial charge in [-0.15, -0.1) is 0 Å². The maximum absolute atomic E-state index is 11.1. The summed E-state index contributed by atoms with van der Waals surface area (Å²) < 4.78 is 0. The lowest BCUT2D eigenvalue weighted by Gasteiger charge is -2.33. The number of carbonyl (C=O) groups excluding carboxylic acids is 1. The number of piperidine rings is 1. The molecule has 0 radical (unpaired) electrons. The molecule has 0 bridgehead atoms. The topological polar surface area (TPSA) is 72.4 Å². The van der Waals surface area contributed by atoms with Crippen molar-refractivity contribution >= 4 is 23.1 Å². The summed E-state index contributed by atoms with van der Waals surface area (Å²) in [6.45, 7) is 1.68. The highest BCUT2D eigenvalue weighted by Crippen LogP contribution is 2.16. The van der Waals surface area contributed by atoms with Crippen LogP contribution in [0, 0.1) is 0 Å². The molecule has 1 fully saturated rings. The maximum atomic E-state index is 11.1. The summed E-state index contributed by atoms with van der Waals surface area (Å²) in [5.74, 6) is -0.229. The molecule has 1 saturated heterocycles. The Bertz CT molecular complexity index is 232. The van der Waals surface area contributed by atoms with E-state index < -0.39 is 0 Å². The zero-order chi connectivity index (χ0) is 10.6. The van der Waals surface area contributed by atoms with Gasteiger partial charge in [0.15, 0.2) is 0 Å². The van der Waals surface area contributed by atoms with Gasteiger partial charge in [0.1, 0.15) is 0 Å². The molecule has 4 N–H and O–H groups in total. The summed E-state index contributed by atoms with van der Waals surface area (Å²) in [5.41, 5.74) is 10.7. The smallest absolute Gasteiger partial charge is 0.234 e. The number of carbonyl (C=O) groups is 1. The monoisotopic (exact) mass is 215 g/mol. The Morgan fingerprint density at radius 1 is 1.43 bits per heavy atom. The molecule has 1 aliphatic heterocycles. The van der Waals surface area contributed by atoms with Crippen molar-refractivity contribution in [1.82, 2.24) is 4.90 Å². The van der Waals surface area contributed by atoms with E-state index in [1.807, 2.05) is 0 Å². The second-order valence-electron chi connectivity index (χ2n) is 3.67. The molecule has 80 valence electrons. The highest BCUT2D eigenvalue weighted by atomic mass is 32.1. The van der Waals surface area contributed by atoms with Gasteiger partial charge in [-0.2, -0.15) is 0 Å². The van der Waals surface area contributed by atoms with Gasteiger partial charge in [-0.3, -0.25) is 9.69 Å². The van der Waals surface area contributed by atoms with Crippen LogP contribution in [0.25, 0.3) is 0 Å². The van der Waals surface area contributed by atoms with Gasteiger partial charge in [0, 0.05) is 13.0 Å². The second-order valence-corrected chi connectivity index (χ2v) is 4.19. The quantitative estimate of drug-likeness (QED) is 0.648. The van der Waals surface area contributed by atoms with E-state index in [2.05, 4.69) is 4.90 Å². The molecule has 1 heterocycles. The molecular formula is C9H17N3OS. The van der Waals surface area contributed by atoms with E-state index in [1.54, 1.807) is 0 Å². The summed E-state index contributed by atoms with van der Waals surface area (Å²) in [6, 6.07) is -0.113. The molecule has 14 heavy (non-hydrogen) atoms. The zero-order valence-corrected chi connectivity index (χ0v) is 9.05. The number of thiocarbonyl (C=S) groups is 1. The molecule has 0 aromatic heterocycles. The number of amides is 1. The van der Waals surface area contributed by atoms with Crippen LogP contribution in [0.3, 0.4) is 0 Å². The first-order valence-corrected chi connectivity index (χ1v) is 5.33. The van der Waals surface area contributed by atoms with Crippen LogP contribution in [-0.2, 0) is 4.79 Å². The number of hydrogen-bond acceptors (Lipinski definition) is 3. The van der Waals surface area contributed by atoms with E-state index in [-0.39, 0.29) is 11.9 Å². The molecule has 0 aromatic carbocycles. The Morgan fingerprint density at radius 3 is 2.71 bits per heavy atom. The van der Waals surface area contributed by atoms with Gasteiger partial charge < -0.3 is 11.5 Å². The van der Waals surface area contributed by atoms with Crippen molar-refractivity contribution < 1.29 is 4.79 Å². The molecule has 1 unspecified atom stereocenters. The van der Waals surface area contributed by atoms with Crippen LogP contribution >= 0.6 is 12.2 Å². The number of primary amides is 1. The average Bonchev–Trinajstić information content (AvgIpc) is 2.15. The lowest BCUT2D eigenvalue weighted by Crippen LogP contribution is -2.48. The largest absolute Gasteiger partial charge is 0.393 e. The van der Waals surface area contributed by atoms with E-state index in [0.29, 0.717) is 11.4 Å². The summed E-state index contributed by atoms with van der Waals surface area (Å²) in [4.78, 5) is 13.7. The highest BCUT2D eigenvalue weighted by Gasteiger charge is 2.26. The first-order valence-electron chi connectivity index (χ1n) is 4.93. The number of likely N-dealkylation sites (tertiary alicyclic amines) is 1. The Labute approximate surface area is 89.6 Å². The van der Waals surface area contributed by atoms with E-state index in [4.69, 9.17) is 23.7 Å². The van der Waals surface area contributed by atoms with Gasteiger partial charge in [0.05, 0.1) is 11.0 Å². The van der Waals surface area contributed by atoms with Crippen LogP contribution in [0.15, 0.2) is 0 Å². The summed E-state index contributed by atoms with van der Waals surface area (Å²) in [7, 11) is 0. The average molecular weight is 215 g/mol. The van der Waals surface area contributed by atoms with Gasteiger partial charge in [0.2, 0.25) is 5.91 Å². The van der Waals surface area contributed by atoms with Crippen LogP contribution in [0.5, 0.6) is 0 Å². The van der Waals surface area contributed by atoms with Gasteiger partial charge in [-0.25, -0.2) is 0 Å². The Balaban J connectivity index is 2.45. The minimum atomic E-state index is -0.229. The first kappa shape index (κ1) is 11.4. The van der Waals surface area contributed by atoms with Gasteiger partial charge >= 0.3 is 0 Å². The Morgan fingerprint density at radius 2 is 2.14 bits per heavy atom. The first-order chi connectivity index (χ1) is 6.61. The molecular weight excluding hydrogens is 198 g/mol. The van der Waals surface area contributed by atoms with Crippen molar-refractivity contribution in [3.05, 3.63) is 0 Å². The van der Waals surface area contributed by atoms with Crippen LogP contribution < -0.4 is 11.5 Å².